The smallest absolute Gasteiger partial charge is 0.312 e. The number of aliphatic hydroxyl groups is 2. The van der Waals surface area contributed by atoms with Gasteiger partial charge in [0.05, 0.1) is 41.2 Å². The van der Waals surface area contributed by atoms with Crippen molar-refractivity contribution in [3.63, 3.8) is 0 Å². The van der Waals surface area contributed by atoms with Crippen molar-refractivity contribution in [1.82, 2.24) is 4.90 Å². The molecule has 0 radical (unpaired) electrons. The van der Waals surface area contributed by atoms with Crippen molar-refractivity contribution in [2.45, 2.75) is 118 Å². The van der Waals surface area contributed by atoms with E-state index in [1.165, 1.54) is 53.2 Å². The number of likely N-dealkylation sites (tertiary alicyclic amines) is 1. The Morgan fingerprint density at radius 1 is 1.02 bits per heavy atom. The molecule has 0 unspecified atom stereocenters. The van der Waals surface area contributed by atoms with Crippen molar-refractivity contribution in [3.05, 3.63) is 58.0 Å². The van der Waals surface area contributed by atoms with E-state index in [-0.39, 0.29) is 82.1 Å². The Bertz CT molecular complexity index is 2510. The Balaban J connectivity index is 1.52. The molecule has 0 aromatic heterocycles. The number of fused-ring (bicyclic) bond motifs is 13. The van der Waals surface area contributed by atoms with Crippen molar-refractivity contribution in [2.75, 3.05) is 32.1 Å². The monoisotopic (exact) mass is 852 g/mol. The molecule has 332 valence electrons. The molecule has 0 aliphatic carbocycles. The summed E-state index contributed by atoms with van der Waals surface area (Å²) in [4.78, 5) is 52.2. The number of methoxy groups -OCH3 is 1. The van der Waals surface area contributed by atoms with Gasteiger partial charge in [0.15, 0.2) is 5.75 Å². The van der Waals surface area contributed by atoms with Crippen LogP contribution >= 0.6 is 0 Å². The molecule has 1 amide bonds. The fraction of sp³-hybridized carbons (Fsp3) is 0.587. The number of rotatable bonds is 4. The second-order valence-corrected chi connectivity index (χ2v) is 17.1. The van der Waals surface area contributed by atoms with Crippen LogP contribution < -0.4 is 20.8 Å². The molecular weight excluding hydrogens is 785 g/mol. The number of benzene rings is 2. The summed E-state index contributed by atoms with van der Waals surface area (Å²) in [5, 5.41) is 49.9. The van der Waals surface area contributed by atoms with Crippen molar-refractivity contribution in [2.24, 2.45) is 39.6 Å². The number of piperidine rings is 1. The lowest BCUT2D eigenvalue weighted by Crippen LogP contribution is -2.47. The van der Waals surface area contributed by atoms with E-state index in [1.807, 2.05) is 0 Å². The topological polar surface area (TPSA) is 209 Å². The minimum Gasteiger partial charge on any atom is -0.507 e. The van der Waals surface area contributed by atoms with Crippen LogP contribution in [0.5, 0.6) is 17.2 Å². The van der Waals surface area contributed by atoms with Gasteiger partial charge in [-0.2, -0.15) is 0 Å². The van der Waals surface area contributed by atoms with E-state index < -0.39 is 108 Å². The molecule has 15 nitrogen and oxygen atoms in total. The van der Waals surface area contributed by atoms with E-state index in [1.54, 1.807) is 44.7 Å². The van der Waals surface area contributed by atoms with Crippen LogP contribution in [-0.2, 0) is 23.8 Å². The summed E-state index contributed by atoms with van der Waals surface area (Å²) in [5.41, 5.74) is -0.926. The predicted molar refractivity (Wildman–Crippen MR) is 228 cm³/mol. The zero-order chi connectivity index (χ0) is 49.9. The maximum absolute atomic E-state index is 14.8. The zero-order valence-corrected chi connectivity index (χ0v) is 36.1. The molecule has 2 aromatic rings. The largest absolute Gasteiger partial charge is 0.507 e. The summed E-state index contributed by atoms with van der Waals surface area (Å²) in [6, 6.07) is 0. The lowest BCUT2D eigenvalue weighted by molar-refractivity contribution is -0.160. The van der Waals surface area contributed by atoms with Crippen LogP contribution in [0.2, 0.25) is 0 Å². The van der Waals surface area contributed by atoms with Gasteiger partial charge in [-0.3, -0.25) is 19.4 Å². The third-order valence-electron chi connectivity index (χ3n) is 12.7. The summed E-state index contributed by atoms with van der Waals surface area (Å²) in [5.74, 6) is -9.56. The number of carbonyl (C=O) groups excluding carboxylic acids is 3. The predicted octanol–water partition coefficient (Wildman–Crippen LogP) is 4.75. The number of aromatic hydroxyl groups is 2. The average Bonchev–Trinajstić information content (AvgIpc) is 3.75. The summed E-state index contributed by atoms with van der Waals surface area (Å²) in [7, 11) is 1.43. The number of esters is 1. The highest BCUT2D eigenvalue weighted by molar-refractivity contribution is 6.21. The van der Waals surface area contributed by atoms with Crippen molar-refractivity contribution in [1.29, 1.82) is 0 Å². The van der Waals surface area contributed by atoms with Gasteiger partial charge >= 0.3 is 11.8 Å². The van der Waals surface area contributed by atoms with Crippen molar-refractivity contribution < 1.29 is 62.0 Å². The van der Waals surface area contributed by atoms with Crippen LogP contribution in [0.4, 0.5) is 5.69 Å². The summed E-state index contributed by atoms with van der Waals surface area (Å²) < 4.78 is 71.4. The number of phenolic OH excluding ortho intramolecular Hbond substituents is 2. The van der Waals surface area contributed by atoms with Gasteiger partial charge in [0.2, 0.25) is 0 Å². The lowest BCUT2D eigenvalue weighted by Gasteiger charge is -2.38. The summed E-state index contributed by atoms with van der Waals surface area (Å²) in [6.45, 7) is 7.13. The number of allylic oxidation sites excluding steroid dienone is 2. The molecule has 5 aliphatic rings. The third kappa shape index (κ3) is 8.54. The zero-order valence-electron chi connectivity index (χ0n) is 42.1. The molecule has 5 heterocycles. The number of carbonyl (C=O) groups is 3. The average molecular weight is 853 g/mol. The Labute approximate surface area is 365 Å². The number of ketones is 1. The first-order valence-electron chi connectivity index (χ1n) is 23.6. The number of anilines is 1. The molecule has 1 spiro atoms. The minimum atomic E-state index is -2.75. The standard InChI is InChI=1S/C46H62N4O11/c1-22(2)21-50-18-16-46(17-19-50)48-34-31-32-39(54)28(8)42-33(31)43(56)45(10,61-42)59-20-15-30(58-11)25(5)41(60-29(9)51)27(7)38(53)26(6)37(52)23(3)13-12-14-24(4)44(57)47-36(40(32)55)35(34)49-46/h12-15,20,22-23,25-27,30,37-38,41,48,52-55H,16-19,21H2,1-11H3/b13-12?,20-15-,24-14-,47-36?/t23-,25+,26+,27+,30-,37-,38+,41+,45-/m1/s1/i1D3,2D3. The van der Waals surface area contributed by atoms with E-state index in [4.69, 9.17) is 32.2 Å². The number of Topliss-reactive ketones (excluding diaryl/α,β-unsaturated/α-hetero) is 1. The molecule has 5 bridgehead atoms. The highest BCUT2D eigenvalue weighted by atomic mass is 16.7. The van der Waals surface area contributed by atoms with Gasteiger partial charge in [-0.05, 0) is 25.8 Å². The number of hydrogen-bond donors (Lipinski definition) is 5. The summed E-state index contributed by atoms with van der Waals surface area (Å²) in [6.07, 6.45) is 3.77. The molecule has 61 heavy (non-hydrogen) atoms. The number of hydrogen-bond acceptors (Lipinski definition) is 14. The maximum atomic E-state index is 14.8. The van der Waals surface area contributed by atoms with Gasteiger partial charge in [-0.25, -0.2) is 4.99 Å². The van der Waals surface area contributed by atoms with Crippen LogP contribution in [0.25, 0.3) is 10.8 Å². The van der Waals surface area contributed by atoms with Gasteiger partial charge in [-0.15, -0.1) is 0 Å². The van der Waals surface area contributed by atoms with Crippen LogP contribution in [0.15, 0.2) is 46.1 Å². The highest BCUT2D eigenvalue weighted by Crippen LogP contribution is 2.51. The molecule has 1 saturated heterocycles. The molecule has 9 atom stereocenters. The van der Waals surface area contributed by atoms with Gasteiger partial charge in [0, 0.05) is 102 Å². The van der Waals surface area contributed by atoms with Gasteiger partial charge in [-0.1, -0.05) is 59.6 Å². The molecule has 7 rings (SSSR count). The highest BCUT2D eigenvalue weighted by Gasteiger charge is 2.51. The second kappa shape index (κ2) is 17.5. The number of nitrogens with one attached hydrogen (secondary N) is 1. The third-order valence-corrected chi connectivity index (χ3v) is 12.7. The second-order valence-electron chi connectivity index (χ2n) is 17.1. The van der Waals surface area contributed by atoms with Gasteiger partial charge in [0.1, 0.15) is 34.0 Å². The lowest BCUT2D eigenvalue weighted by atomic mass is 9.78. The summed E-state index contributed by atoms with van der Waals surface area (Å²) >= 11 is 0. The first-order valence-corrected chi connectivity index (χ1v) is 20.6. The molecule has 0 saturated carbocycles. The molecule has 15 heteroatoms. The van der Waals surface area contributed by atoms with Crippen LogP contribution in [-0.4, -0.2) is 106 Å². The van der Waals surface area contributed by atoms with Crippen molar-refractivity contribution in [3.8, 4) is 17.2 Å². The Morgan fingerprint density at radius 2 is 1.70 bits per heavy atom. The molecular formula is C46H62N4O11. The van der Waals surface area contributed by atoms with E-state index in [0.717, 1.165) is 0 Å². The quantitative estimate of drug-likeness (QED) is 0.208. The number of amides is 1. The maximum Gasteiger partial charge on any atom is 0.312 e. The SMILES string of the molecule is [2H]C([2H])([2H])C(CN1CCC2(CC1)N=c1c(c3c4c5c(C)c(O)c3c(O)c1=NC(=O)/C(C)=C\C=C[C@@H](C)[C@@H](O)[C@H](C)[C@H](O)[C@H](C)[C@@H](OC(C)=O)[C@@H](C)[C@H](OC)/C=C\O[C@](C)(O5)C4=O)N2)C([2H])([2H])[2H]. The van der Waals surface area contributed by atoms with E-state index in [0.29, 0.717) is 0 Å². The molecule has 5 N–H and O–H groups in total. The van der Waals surface area contributed by atoms with Gasteiger partial charge < -0.3 is 49.6 Å². The first-order chi connectivity index (χ1) is 31.1. The minimum absolute atomic E-state index is 0.00194. The van der Waals surface area contributed by atoms with Gasteiger partial charge in [0.25, 0.3) is 11.7 Å². The number of nitrogens with zero attached hydrogens (tertiary/aromatic N) is 3. The van der Waals surface area contributed by atoms with E-state index >= 15 is 0 Å². The van der Waals surface area contributed by atoms with Crippen LogP contribution in [0.3, 0.4) is 0 Å². The van der Waals surface area contributed by atoms with E-state index in [9.17, 15) is 34.8 Å². The number of phenols is 2. The van der Waals surface area contributed by atoms with Crippen LogP contribution in [0.1, 0.15) is 99.2 Å². The molecule has 5 aliphatic heterocycles. The molecule has 2 aromatic carbocycles. The molecule has 1 fully saturated rings. The Morgan fingerprint density at radius 3 is 2.34 bits per heavy atom. The number of aliphatic hydroxyl groups excluding tert-OH is 2. The van der Waals surface area contributed by atoms with Crippen molar-refractivity contribution >= 4 is 34.1 Å². The normalized spacial score (nSPS) is 34.0. The Kier molecular flexibility index (Phi) is 10.9. The first kappa shape index (κ1) is 37.9. The number of ether oxygens (including phenoxy) is 4. The fourth-order valence-electron chi connectivity index (χ4n) is 8.98. The van der Waals surface area contributed by atoms with Crippen LogP contribution in [0, 0.1) is 36.5 Å². The fourth-order valence-corrected chi connectivity index (χ4v) is 8.98. The Hall–Kier alpha value is -4.83. The van der Waals surface area contributed by atoms with E-state index in [2.05, 4.69) is 10.3 Å².